The SMILES string of the molecule is CNC1CCN(C(=O)c2cc(O)cc(O)c2)C1. The molecule has 5 heteroatoms. The van der Waals surface area contributed by atoms with Gasteiger partial charge in [-0.1, -0.05) is 0 Å². The van der Waals surface area contributed by atoms with Gasteiger partial charge in [0.15, 0.2) is 0 Å². The third-order valence-corrected chi connectivity index (χ3v) is 3.03. The third-order valence-electron chi connectivity index (χ3n) is 3.03. The van der Waals surface area contributed by atoms with E-state index < -0.39 is 0 Å². The van der Waals surface area contributed by atoms with Crippen molar-refractivity contribution in [3.8, 4) is 11.5 Å². The molecule has 0 aromatic heterocycles. The van der Waals surface area contributed by atoms with Crippen LogP contribution in [-0.2, 0) is 0 Å². The molecule has 0 saturated carbocycles. The number of carbonyl (C=O) groups excluding carboxylic acids is 1. The molecule has 0 aliphatic carbocycles. The molecule has 1 atom stereocenters. The monoisotopic (exact) mass is 236 g/mol. The fourth-order valence-corrected chi connectivity index (χ4v) is 2.08. The standard InChI is InChI=1S/C12H16N2O3/c1-13-9-2-3-14(7-9)12(17)8-4-10(15)6-11(16)5-8/h4-6,9,13,15-16H,2-3,7H2,1H3. The van der Waals surface area contributed by atoms with Gasteiger partial charge in [-0.2, -0.15) is 0 Å². The van der Waals surface area contributed by atoms with Gasteiger partial charge in [-0.15, -0.1) is 0 Å². The van der Waals surface area contributed by atoms with Crippen molar-refractivity contribution in [3.05, 3.63) is 23.8 Å². The lowest BCUT2D eigenvalue weighted by Gasteiger charge is -2.16. The fourth-order valence-electron chi connectivity index (χ4n) is 2.08. The van der Waals surface area contributed by atoms with Crippen LogP contribution in [-0.4, -0.2) is 47.2 Å². The van der Waals surface area contributed by atoms with Gasteiger partial charge >= 0.3 is 0 Å². The molecule has 5 nitrogen and oxygen atoms in total. The smallest absolute Gasteiger partial charge is 0.254 e. The minimum atomic E-state index is -0.158. The van der Waals surface area contributed by atoms with Gasteiger partial charge in [0, 0.05) is 30.8 Å². The number of phenolic OH excluding ortho intramolecular Hbond substituents is 2. The number of benzene rings is 1. The Balaban J connectivity index is 2.14. The van der Waals surface area contributed by atoms with Crippen LogP contribution in [0.25, 0.3) is 0 Å². The zero-order chi connectivity index (χ0) is 12.4. The van der Waals surface area contributed by atoms with E-state index in [0.717, 1.165) is 6.42 Å². The molecular weight excluding hydrogens is 220 g/mol. The molecule has 3 N–H and O–H groups in total. The van der Waals surface area contributed by atoms with Crippen LogP contribution in [0, 0.1) is 0 Å². The first-order valence-electron chi connectivity index (χ1n) is 5.59. The second-order valence-electron chi connectivity index (χ2n) is 4.26. The van der Waals surface area contributed by atoms with Crippen LogP contribution < -0.4 is 5.32 Å². The molecule has 1 aliphatic rings. The van der Waals surface area contributed by atoms with Gasteiger partial charge in [0.2, 0.25) is 0 Å². The molecule has 0 spiro atoms. The summed E-state index contributed by atoms with van der Waals surface area (Å²) in [5.41, 5.74) is 0.319. The van der Waals surface area contributed by atoms with Crippen LogP contribution in [0.3, 0.4) is 0 Å². The molecule has 92 valence electrons. The van der Waals surface area contributed by atoms with Crippen LogP contribution in [0.2, 0.25) is 0 Å². The zero-order valence-electron chi connectivity index (χ0n) is 9.68. The number of nitrogens with one attached hydrogen (secondary N) is 1. The first-order valence-corrected chi connectivity index (χ1v) is 5.59. The highest BCUT2D eigenvalue weighted by atomic mass is 16.3. The minimum Gasteiger partial charge on any atom is -0.508 e. The van der Waals surface area contributed by atoms with Crippen LogP contribution in [0.1, 0.15) is 16.8 Å². The molecule has 1 aromatic carbocycles. The average Bonchev–Trinajstić information content (AvgIpc) is 2.75. The van der Waals surface area contributed by atoms with E-state index in [4.69, 9.17) is 0 Å². The van der Waals surface area contributed by atoms with Crippen molar-refractivity contribution in [2.24, 2.45) is 0 Å². The summed E-state index contributed by atoms with van der Waals surface area (Å²) in [5.74, 6) is -0.357. The van der Waals surface area contributed by atoms with Gasteiger partial charge in [-0.05, 0) is 25.6 Å². The Morgan fingerprint density at radius 3 is 2.53 bits per heavy atom. The number of amides is 1. The Bertz CT molecular complexity index is 414. The molecule has 1 saturated heterocycles. The predicted octanol–water partition coefficient (Wildman–Crippen LogP) is 0.532. The van der Waals surface area contributed by atoms with E-state index in [0.29, 0.717) is 24.7 Å². The van der Waals surface area contributed by atoms with E-state index in [-0.39, 0.29) is 17.4 Å². The Hall–Kier alpha value is -1.75. The van der Waals surface area contributed by atoms with Gasteiger partial charge in [0.1, 0.15) is 11.5 Å². The van der Waals surface area contributed by atoms with Crippen molar-refractivity contribution < 1.29 is 15.0 Å². The lowest BCUT2D eigenvalue weighted by Crippen LogP contribution is -2.33. The van der Waals surface area contributed by atoms with Gasteiger partial charge < -0.3 is 20.4 Å². The van der Waals surface area contributed by atoms with Crippen LogP contribution >= 0.6 is 0 Å². The highest BCUT2D eigenvalue weighted by Crippen LogP contribution is 2.22. The number of hydrogen-bond donors (Lipinski definition) is 3. The third kappa shape index (κ3) is 2.50. The Morgan fingerprint density at radius 2 is 2.00 bits per heavy atom. The molecular formula is C12H16N2O3. The predicted molar refractivity (Wildman–Crippen MR) is 63.1 cm³/mol. The molecule has 0 bridgehead atoms. The molecule has 1 aromatic rings. The number of nitrogens with zero attached hydrogens (tertiary/aromatic N) is 1. The summed E-state index contributed by atoms with van der Waals surface area (Å²) in [5, 5.41) is 21.8. The lowest BCUT2D eigenvalue weighted by molar-refractivity contribution is 0.0789. The van der Waals surface area contributed by atoms with Gasteiger partial charge in [0.25, 0.3) is 5.91 Å². The number of rotatable bonds is 2. The number of likely N-dealkylation sites (N-methyl/N-ethyl adjacent to an activating group) is 1. The number of aromatic hydroxyl groups is 2. The molecule has 0 radical (unpaired) electrons. The summed E-state index contributed by atoms with van der Waals surface area (Å²) in [7, 11) is 1.87. The molecule has 1 unspecified atom stereocenters. The van der Waals surface area contributed by atoms with E-state index in [1.54, 1.807) is 4.90 Å². The van der Waals surface area contributed by atoms with Crippen LogP contribution in [0.15, 0.2) is 18.2 Å². The van der Waals surface area contributed by atoms with Crippen LogP contribution in [0.5, 0.6) is 11.5 Å². The number of likely N-dealkylation sites (tertiary alicyclic amines) is 1. The highest BCUT2D eigenvalue weighted by molar-refractivity contribution is 5.95. The quantitative estimate of drug-likeness (QED) is 0.700. The zero-order valence-corrected chi connectivity index (χ0v) is 9.68. The Kier molecular flexibility index (Phi) is 3.19. The first-order chi connectivity index (χ1) is 8.10. The summed E-state index contributed by atoms with van der Waals surface area (Å²) in [6.45, 7) is 1.35. The van der Waals surface area contributed by atoms with E-state index in [2.05, 4.69) is 5.32 Å². The summed E-state index contributed by atoms with van der Waals surface area (Å²) in [6, 6.07) is 4.27. The van der Waals surface area contributed by atoms with E-state index in [1.807, 2.05) is 7.05 Å². The van der Waals surface area contributed by atoms with E-state index in [9.17, 15) is 15.0 Å². The maximum Gasteiger partial charge on any atom is 0.254 e. The molecule has 2 rings (SSSR count). The van der Waals surface area contributed by atoms with Crippen molar-refractivity contribution in [3.63, 3.8) is 0 Å². The molecule has 17 heavy (non-hydrogen) atoms. The molecule has 1 amide bonds. The average molecular weight is 236 g/mol. The summed E-state index contributed by atoms with van der Waals surface area (Å²) < 4.78 is 0. The topological polar surface area (TPSA) is 72.8 Å². The van der Waals surface area contributed by atoms with Crippen molar-refractivity contribution in [1.29, 1.82) is 0 Å². The largest absolute Gasteiger partial charge is 0.508 e. The summed E-state index contributed by atoms with van der Waals surface area (Å²) in [6.07, 6.45) is 0.924. The number of phenols is 2. The lowest BCUT2D eigenvalue weighted by atomic mass is 10.2. The number of carbonyl (C=O) groups is 1. The maximum absolute atomic E-state index is 12.1. The summed E-state index contributed by atoms with van der Waals surface area (Å²) in [4.78, 5) is 13.8. The van der Waals surface area contributed by atoms with E-state index in [1.165, 1.54) is 18.2 Å². The van der Waals surface area contributed by atoms with Gasteiger partial charge in [-0.3, -0.25) is 4.79 Å². The molecule has 1 heterocycles. The summed E-state index contributed by atoms with van der Waals surface area (Å²) >= 11 is 0. The second kappa shape index (κ2) is 4.63. The molecule has 1 aliphatic heterocycles. The normalized spacial score (nSPS) is 19.6. The fraction of sp³-hybridized carbons (Fsp3) is 0.417. The van der Waals surface area contributed by atoms with Crippen molar-refractivity contribution in [2.75, 3.05) is 20.1 Å². The van der Waals surface area contributed by atoms with Crippen LogP contribution in [0.4, 0.5) is 0 Å². The molecule has 1 fully saturated rings. The van der Waals surface area contributed by atoms with Crippen molar-refractivity contribution in [1.82, 2.24) is 10.2 Å². The second-order valence-corrected chi connectivity index (χ2v) is 4.26. The van der Waals surface area contributed by atoms with E-state index >= 15 is 0 Å². The maximum atomic E-state index is 12.1. The number of hydrogen-bond acceptors (Lipinski definition) is 4. The van der Waals surface area contributed by atoms with Crippen molar-refractivity contribution >= 4 is 5.91 Å². The minimum absolute atomic E-state index is 0.0993. The van der Waals surface area contributed by atoms with Crippen molar-refractivity contribution in [2.45, 2.75) is 12.5 Å². The first kappa shape index (κ1) is 11.7. The van der Waals surface area contributed by atoms with Gasteiger partial charge in [-0.25, -0.2) is 0 Å². The Morgan fingerprint density at radius 1 is 1.35 bits per heavy atom. The highest BCUT2D eigenvalue weighted by Gasteiger charge is 2.26. The Labute approximate surface area is 99.7 Å². The van der Waals surface area contributed by atoms with Gasteiger partial charge in [0.05, 0.1) is 0 Å².